The van der Waals surface area contributed by atoms with Crippen molar-refractivity contribution < 1.29 is 19.8 Å². The number of aliphatic hydroxyl groups excluding tert-OH is 1. The van der Waals surface area contributed by atoms with Crippen molar-refractivity contribution in [3.05, 3.63) is 77.4 Å². The van der Waals surface area contributed by atoms with Gasteiger partial charge >= 0.3 is 0 Å². The van der Waals surface area contributed by atoms with Crippen molar-refractivity contribution in [1.82, 2.24) is 10.2 Å². The lowest BCUT2D eigenvalue weighted by Crippen LogP contribution is -2.51. The Morgan fingerprint density at radius 2 is 1.71 bits per heavy atom. The highest BCUT2D eigenvalue weighted by molar-refractivity contribution is 6.09. The van der Waals surface area contributed by atoms with E-state index in [-0.39, 0.29) is 24.4 Å². The van der Waals surface area contributed by atoms with Crippen LogP contribution in [0, 0.1) is 0 Å². The normalized spacial score (nSPS) is 26.4. The van der Waals surface area contributed by atoms with Crippen molar-refractivity contribution >= 4 is 28.3 Å². The van der Waals surface area contributed by atoms with Crippen LogP contribution in [0.25, 0.3) is 10.8 Å². The third-order valence-corrected chi connectivity index (χ3v) is 8.04. The Labute approximate surface area is 204 Å². The number of aliphatic hydroxyl groups is 2. The topological polar surface area (TPSA) is 93.1 Å². The van der Waals surface area contributed by atoms with Gasteiger partial charge in [0.1, 0.15) is 0 Å². The van der Waals surface area contributed by atoms with Gasteiger partial charge in [0.05, 0.1) is 24.3 Å². The summed E-state index contributed by atoms with van der Waals surface area (Å²) < 4.78 is 0. The fourth-order valence-corrected chi connectivity index (χ4v) is 6.36. The Balaban J connectivity index is 1.25. The molecule has 7 heteroatoms. The first kappa shape index (κ1) is 22.2. The minimum absolute atomic E-state index is 0.0877. The molecule has 0 aromatic heterocycles. The van der Waals surface area contributed by atoms with Crippen molar-refractivity contribution in [2.75, 3.05) is 25.0 Å². The smallest absolute Gasteiger partial charge is 0.264 e. The Bertz CT molecular complexity index is 1330. The predicted molar refractivity (Wildman–Crippen MR) is 133 cm³/mol. The van der Waals surface area contributed by atoms with Crippen LogP contribution in [0.15, 0.2) is 60.7 Å². The maximum atomic E-state index is 13.5. The molecule has 35 heavy (non-hydrogen) atoms. The molecular formula is C28H29N3O4. The summed E-state index contributed by atoms with van der Waals surface area (Å²) >= 11 is 0. The molecule has 180 valence electrons. The zero-order chi connectivity index (χ0) is 24.3. The summed E-state index contributed by atoms with van der Waals surface area (Å²) in [6.45, 7) is 1.44. The number of amides is 2. The molecule has 0 unspecified atom stereocenters. The minimum Gasteiger partial charge on any atom is -0.386 e. The van der Waals surface area contributed by atoms with Gasteiger partial charge in [0.2, 0.25) is 5.91 Å². The van der Waals surface area contributed by atoms with Crippen LogP contribution >= 0.6 is 0 Å². The van der Waals surface area contributed by atoms with Gasteiger partial charge in [-0.25, -0.2) is 0 Å². The lowest BCUT2D eigenvalue weighted by atomic mass is 9.91. The number of nitrogens with one attached hydrogen (secondary N) is 1. The molecule has 0 bridgehead atoms. The highest BCUT2D eigenvalue weighted by Crippen LogP contribution is 2.49. The molecule has 0 saturated carbocycles. The molecule has 1 aliphatic carbocycles. The van der Waals surface area contributed by atoms with Crippen LogP contribution in [0.3, 0.4) is 0 Å². The molecule has 6 rings (SSSR count). The highest BCUT2D eigenvalue weighted by Gasteiger charge is 2.53. The van der Waals surface area contributed by atoms with Crippen LogP contribution in [0.4, 0.5) is 5.69 Å². The Morgan fingerprint density at radius 3 is 2.43 bits per heavy atom. The second-order valence-electron chi connectivity index (χ2n) is 9.85. The van der Waals surface area contributed by atoms with E-state index in [9.17, 15) is 19.8 Å². The Kier molecular flexibility index (Phi) is 5.18. The third kappa shape index (κ3) is 3.22. The molecule has 2 amide bonds. The maximum absolute atomic E-state index is 13.5. The first-order valence-electron chi connectivity index (χ1n) is 12.2. The standard InChI is InChI=1S/C28H29N3O4/c1-29-23(32)16-28(35)21-10-2-3-11-22(21)31(27(28)34)18-12-14-30(15-13-18)25-19-8-4-6-17-7-5-9-20(24(17)19)26(25)33/h2-11,18,25-26,33,35H,12-16H2,1H3,(H,29,32)/t25-,26-,28-/m1/s1. The summed E-state index contributed by atoms with van der Waals surface area (Å²) in [4.78, 5) is 29.7. The first-order chi connectivity index (χ1) is 16.9. The predicted octanol–water partition coefficient (Wildman–Crippen LogP) is 2.76. The molecule has 3 aliphatic rings. The summed E-state index contributed by atoms with van der Waals surface area (Å²) in [7, 11) is 1.50. The number of nitrogens with zero attached hydrogens (tertiary/aromatic N) is 2. The van der Waals surface area contributed by atoms with Gasteiger partial charge in [0.15, 0.2) is 5.60 Å². The number of piperidine rings is 1. The quantitative estimate of drug-likeness (QED) is 0.544. The lowest BCUT2D eigenvalue weighted by molar-refractivity contribution is -0.143. The number of hydrogen-bond acceptors (Lipinski definition) is 5. The number of carbonyl (C=O) groups excluding carboxylic acids is 2. The maximum Gasteiger partial charge on any atom is 0.264 e. The number of para-hydroxylation sites is 1. The van der Waals surface area contributed by atoms with E-state index in [1.54, 1.807) is 17.0 Å². The average molecular weight is 472 g/mol. The van der Waals surface area contributed by atoms with E-state index >= 15 is 0 Å². The zero-order valence-corrected chi connectivity index (χ0v) is 19.6. The van der Waals surface area contributed by atoms with Gasteiger partial charge in [0, 0.05) is 31.7 Å². The Morgan fingerprint density at radius 1 is 1.03 bits per heavy atom. The second-order valence-corrected chi connectivity index (χ2v) is 9.85. The van der Waals surface area contributed by atoms with E-state index in [2.05, 4.69) is 28.4 Å². The molecule has 3 aromatic rings. The number of fused-ring (bicyclic) bond motifs is 1. The summed E-state index contributed by atoms with van der Waals surface area (Å²) in [5.41, 5.74) is 1.46. The van der Waals surface area contributed by atoms with Crippen molar-refractivity contribution in [3.8, 4) is 0 Å². The van der Waals surface area contributed by atoms with Crippen molar-refractivity contribution in [1.29, 1.82) is 0 Å². The van der Waals surface area contributed by atoms with E-state index < -0.39 is 17.6 Å². The molecule has 3 N–H and O–H groups in total. The van der Waals surface area contributed by atoms with Gasteiger partial charge in [-0.05, 0) is 40.8 Å². The van der Waals surface area contributed by atoms with Crippen LogP contribution in [-0.2, 0) is 15.2 Å². The van der Waals surface area contributed by atoms with Crippen LogP contribution in [0.5, 0.6) is 0 Å². The summed E-state index contributed by atoms with van der Waals surface area (Å²) in [5, 5.41) is 27.4. The molecule has 0 spiro atoms. The molecule has 0 radical (unpaired) electrons. The molecule has 1 saturated heterocycles. The SMILES string of the molecule is CNC(=O)C[C@]1(O)C(=O)N(C2CCN([C@@H]3c4cccc5cccc(c45)[C@H]3O)CC2)c2ccccc21. The number of anilines is 1. The van der Waals surface area contributed by atoms with E-state index in [0.29, 0.717) is 24.1 Å². The molecule has 2 aliphatic heterocycles. The van der Waals surface area contributed by atoms with Crippen molar-refractivity contribution in [2.24, 2.45) is 0 Å². The first-order valence-corrected chi connectivity index (χ1v) is 12.2. The van der Waals surface area contributed by atoms with E-state index in [1.165, 1.54) is 7.05 Å². The monoisotopic (exact) mass is 471 g/mol. The fourth-order valence-electron chi connectivity index (χ4n) is 6.36. The van der Waals surface area contributed by atoms with E-state index in [0.717, 1.165) is 35.0 Å². The second kappa shape index (κ2) is 8.16. The van der Waals surface area contributed by atoms with Gasteiger partial charge in [-0.3, -0.25) is 14.5 Å². The average Bonchev–Trinajstić information content (AvgIpc) is 3.29. The summed E-state index contributed by atoms with van der Waals surface area (Å²) in [6.07, 6.45) is 0.544. The van der Waals surface area contributed by atoms with Crippen LogP contribution < -0.4 is 10.2 Å². The number of carbonyl (C=O) groups is 2. The van der Waals surface area contributed by atoms with Crippen LogP contribution in [0.2, 0.25) is 0 Å². The third-order valence-electron chi connectivity index (χ3n) is 8.04. The van der Waals surface area contributed by atoms with Gasteiger partial charge in [-0.1, -0.05) is 54.6 Å². The number of benzene rings is 3. The largest absolute Gasteiger partial charge is 0.386 e. The number of rotatable bonds is 4. The summed E-state index contributed by atoms with van der Waals surface area (Å²) in [5.74, 6) is -0.810. The fraction of sp³-hybridized carbons (Fsp3) is 0.357. The summed E-state index contributed by atoms with van der Waals surface area (Å²) in [6, 6.07) is 19.4. The van der Waals surface area contributed by atoms with Gasteiger partial charge < -0.3 is 20.4 Å². The highest BCUT2D eigenvalue weighted by atomic mass is 16.3. The molecular weight excluding hydrogens is 442 g/mol. The van der Waals surface area contributed by atoms with E-state index in [1.807, 2.05) is 30.3 Å². The molecule has 1 fully saturated rings. The number of likely N-dealkylation sites (tertiary alicyclic amines) is 1. The Hall–Kier alpha value is -3.26. The molecule has 7 nitrogen and oxygen atoms in total. The van der Waals surface area contributed by atoms with Crippen molar-refractivity contribution in [3.63, 3.8) is 0 Å². The molecule has 2 heterocycles. The van der Waals surface area contributed by atoms with Crippen LogP contribution in [0.1, 0.15) is 48.1 Å². The minimum atomic E-state index is -1.85. The lowest BCUT2D eigenvalue weighted by Gasteiger charge is -2.41. The van der Waals surface area contributed by atoms with Gasteiger partial charge in [-0.15, -0.1) is 0 Å². The van der Waals surface area contributed by atoms with Crippen molar-refractivity contribution in [2.45, 2.75) is 43.1 Å². The zero-order valence-electron chi connectivity index (χ0n) is 19.6. The van der Waals surface area contributed by atoms with Gasteiger partial charge in [-0.2, -0.15) is 0 Å². The van der Waals surface area contributed by atoms with Crippen LogP contribution in [-0.4, -0.2) is 53.1 Å². The molecule has 3 atom stereocenters. The van der Waals surface area contributed by atoms with E-state index in [4.69, 9.17) is 0 Å². The van der Waals surface area contributed by atoms with Gasteiger partial charge in [0.25, 0.3) is 5.91 Å². The molecule has 3 aromatic carbocycles. The number of hydrogen-bond donors (Lipinski definition) is 3.